The fourth-order valence-electron chi connectivity index (χ4n) is 2.66. The van der Waals surface area contributed by atoms with E-state index in [1.54, 1.807) is 48.5 Å². The van der Waals surface area contributed by atoms with Gasteiger partial charge in [-0.1, -0.05) is 66.2 Å². The molecule has 3 rings (SSSR count). The summed E-state index contributed by atoms with van der Waals surface area (Å²) in [6.07, 6.45) is -0.629. The predicted octanol–water partition coefficient (Wildman–Crippen LogP) is 3.85. The van der Waals surface area contributed by atoms with Crippen LogP contribution in [0.5, 0.6) is 0 Å². The highest BCUT2D eigenvalue weighted by Crippen LogP contribution is 2.14. The smallest absolute Gasteiger partial charge is 0.253 e. The Morgan fingerprint density at radius 3 is 1.65 bits per heavy atom. The van der Waals surface area contributed by atoms with Gasteiger partial charge < -0.3 is 10.6 Å². The lowest BCUT2D eigenvalue weighted by Gasteiger charge is -2.21. The molecule has 0 spiro atoms. The summed E-state index contributed by atoms with van der Waals surface area (Å²) in [4.78, 5) is 25.1. The molecule has 0 aliphatic rings. The molecule has 0 saturated carbocycles. The molecular weight excluding hydrogens is 324 g/mol. The highest BCUT2D eigenvalue weighted by molar-refractivity contribution is 5.96. The first-order valence-corrected chi connectivity index (χ1v) is 8.42. The van der Waals surface area contributed by atoms with Crippen molar-refractivity contribution in [2.45, 2.75) is 13.1 Å². The van der Waals surface area contributed by atoms with Crippen LogP contribution in [0.15, 0.2) is 84.9 Å². The third kappa shape index (κ3) is 4.36. The zero-order valence-electron chi connectivity index (χ0n) is 14.5. The predicted molar refractivity (Wildman–Crippen MR) is 102 cm³/mol. The molecule has 0 radical (unpaired) electrons. The largest absolute Gasteiger partial charge is 0.328 e. The monoisotopic (exact) mass is 344 g/mol. The molecule has 26 heavy (non-hydrogen) atoms. The zero-order chi connectivity index (χ0) is 18.4. The van der Waals surface area contributed by atoms with Crippen molar-refractivity contribution in [3.63, 3.8) is 0 Å². The second kappa shape index (κ2) is 8.12. The van der Waals surface area contributed by atoms with Crippen LogP contribution in [0.4, 0.5) is 0 Å². The zero-order valence-corrected chi connectivity index (χ0v) is 14.5. The fraction of sp³-hybridized carbons (Fsp3) is 0.0909. The molecule has 2 N–H and O–H groups in total. The lowest BCUT2D eigenvalue weighted by atomic mass is 10.1. The summed E-state index contributed by atoms with van der Waals surface area (Å²) in [5, 5.41) is 5.81. The molecule has 0 unspecified atom stereocenters. The number of carbonyl (C=O) groups is 2. The third-order valence-electron chi connectivity index (χ3n) is 4.00. The summed E-state index contributed by atoms with van der Waals surface area (Å²) in [5.74, 6) is -0.490. The number of nitrogens with one attached hydrogen (secondary N) is 2. The molecule has 0 saturated heterocycles. The first-order chi connectivity index (χ1) is 12.6. The van der Waals surface area contributed by atoms with Crippen LogP contribution in [0.3, 0.4) is 0 Å². The van der Waals surface area contributed by atoms with Gasteiger partial charge in [0.25, 0.3) is 11.8 Å². The van der Waals surface area contributed by atoms with Crippen LogP contribution < -0.4 is 10.6 Å². The Labute approximate surface area is 152 Å². The Morgan fingerprint density at radius 1 is 0.692 bits per heavy atom. The number of benzene rings is 3. The van der Waals surface area contributed by atoms with Crippen LogP contribution in [-0.2, 0) is 0 Å². The van der Waals surface area contributed by atoms with Gasteiger partial charge in [-0.3, -0.25) is 9.59 Å². The molecule has 0 bridgehead atoms. The van der Waals surface area contributed by atoms with Crippen molar-refractivity contribution in [2.75, 3.05) is 0 Å². The summed E-state index contributed by atoms with van der Waals surface area (Å²) in [7, 11) is 0. The number of carbonyl (C=O) groups excluding carboxylic acids is 2. The van der Waals surface area contributed by atoms with Crippen LogP contribution >= 0.6 is 0 Å². The molecule has 0 aliphatic carbocycles. The average Bonchev–Trinajstić information content (AvgIpc) is 2.68. The average molecular weight is 344 g/mol. The second-order valence-corrected chi connectivity index (χ2v) is 6.03. The summed E-state index contributed by atoms with van der Waals surface area (Å²) >= 11 is 0. The van der Waals surface area contributed by atoms with Crippen LogP contribution in [0.25, 0.3) is 0 Å². The van der Waals surface area contributed by atoms with Crippen LogP contribution in [-0.4, -0.2) is 11.8 Å². The molecule has 3 aromatic rings. The summed E-state index contributed by atoms with van der Waals surface area (Å²) in [5.41, 5.74) is 2.95. The number of hydrogen-bond donors (Lipinski definition) is 2. The van der Waals surface area contributed by atoms with E-state index in [9.17, 15) is 9.59 Å². The Morgan fingerprint density at radius 2 is 1.19 bits per heavy atom. The van der Waals surface area contributed by atoms with Crippen LogP contribution in [0.1, 0.15) is 38.0 Å². The molecule has 0 fully saturated rings. The van der Waals surface area contributed by atoms with Gasteiger partial charge in [-0.05, 0) is 36.8 Å². The first kappa shape index (κ1) is 17.4. The van der Waals surface area contributed by atoms with Gasteiger partial charge in [0.2, 0.25) is 0 Å². The summed E-state index contributed by atoms with van der Waals surface area (Å²) < 4.78 is 0. The van der Waals surface area contributed by atoms with Crippen molar-refractivity contribution >= 4 is 11.8 Å². The third-order valence-corrected chi connectivity index (χ3v) is 4.00. The summed E-state index contributed by atoms with van der Waals surface area (Å²) in [6, 6.07) is 25.6. The van der Waals surface area contributed by atoms with Gasteiger partial charge in [0, 0.05) is 11.1 Å². The number of rotatable bonds is 5. The van der Waals surface area contributed by atoms with Crippen molar-refractivity contribution in [1.82, 2.24) is 10.6 Å². The Hall–Kier alpha value is -3.40. The van der Waals surface area contributed by atoms with E-state index in [1.807, 2.05) is 43.3 Å². The van der Waals surface area contributed by atoms with E-state index < -0.39 is 6.17 Å². The van der Waals surface area contributed by atoms with Gasteiger partial charge in [-0.25, -0.2) is 0 Å². The maximum atomic E-state index is 12.6. The van der Waals surface area contributed by atoms with E-state index in [-0.39, 0.29) is 11.8 Å². The van der Waals surface area contributed by atoms with E-state index in [2.05, 4.69) is 10.6 Å². The van der Waals surface area contributed by atoms with Crippen molar-refractivity contribution in [3.05, 3.63) is 107 Å². The molecule has 130 valence electrons. The van der Waals surface area contributed by atoms with Crippen LogP contribution in [0.2, 0.25) is 0 Å². The molecule has 0 atom stereocenters. The molecule has 0 heterocycles. The highest BCUT2D eigenvalue weighted by Gasteiger charge is 2.19. The van der Waals surface area contributed by atoms with E-state index in [4.69, 9.17) is 0 Å². The molecule has 2 amide bonds. The molecule has 4 nitrogen and oxygen atoms in total. The van der Waals surface area contributed by atoms with Gasteiger partial charge in [0.15, 0.2) is 0 Å². The van der Waals surface area contributed by atoms with Crippen molar-refractivity contribution in [1.29, 1.82) is 0 Å². The first-order valence-electron chi connectivity index (χ1n) is 8.42. The molecule has 4 heteroatoms. The Kier molecular flexibility index (Phi) is 5.44. The normalized spacial score (nSPS) is 10.4. The lowest BCUT2D eigenvalue weighted by Crippen LogP contribution is -2.41. The molecule has 0 aliphatic heterocycles. The van der Waals surface area contributed by atoms with Gasteiger partial charge in [0.05, 0.1) is 0 Å². The van der Waals surface area contributed by atoms with Gasteiger partial charge in [0.1, 0.15) is 6.17 Å². The minimum absolute atomic E-state index is 0.245. The van der Waals surface area contributed by atoms with Crippen molar-refractivity contribution in [2.24, 2.45) is 0 Å². The fourth-order valence-corrected chi connectivity index (χ4v) is 2.66. The van der Waals surface area contributed by atoms with E-state index >= 15 is 0 Å². The topological polar surface area (TPSA) is 58.2 Å². The highest BCUT2D eigenvalue weighted by atomic mass is 16.2. The molecule has 0 aromatic heterocycles. The van der Waals surface area contributed by atoms with Gasteiger partial charge >= 0.3 is 0 Å². The number of amides is 2. The van der Waals surface area contributed by atoms with E-state index in [1.165, 1.54) is 0 Å². The van der Waals surface area contributed by atoms with Gasteiger partial charge in [-0.2, -0.15) is 0 Å². The summed E-state index contributed by atoms with van der Waals surface area (Å²) in [6.45, 7) is 1.97. The maximum absolute atomic E-state index is 12.6. The minimum Gasteiger partial charge on any atom is -0.328 e. The standard InChI is InChI=1S/C22H20N2O2/c1-16-9-8-14-19(15-16)20(23-21(25)17-10-4-2-5-11-17)24-22(26)18-12-6-3-7-13-18/h2-15,20H,1H3,(H,23,25)(H,24,26). The minimum atomic E-state index is -0.629. The maximum Gasteiger partial charge on any atom is 0.253 e. The Bertz CT molecular complexity index is 839. The SMILES string of the molecule is Cc1cccc(C(NC(=O)c2ccccc2)NC(=O)c2ccccc2)c1. The number of aryl methyl sites for hydroxylation is 1. The van der Waals surface area contributed by atoms with Crippen molar-refractivity contribution < 1.29 is 9.59 Å². The molecular formula is C22H20N2O2. The van der Waals surface area contributed by atoms with E-state index in [0.717, 1.165) is 11.1 Å². The molecule has 3 aromatic carbocycles. The van der Waals surface area contributed by atoms with E-state index in [0.29, 0.717) is 11.1 Å². The Balaban J connectivity index is 1.84. The van der Waals surface area contributed by atoms with Crippen molar-refractivity contribution in [3.8, 4) is 0 Å². The number of hydrogen-bond acceptors (Lipinski definition) is 2. The quantitative estimate of drug-likeness (QED) is 0.691. The van der Waals surface area contributed by atoms with Crippen LogP contribution in [0, 0.1) is 6.92 Å². The second-order valence-electron chi connectivity index (χ2n) is 6.03. The van der Waals surface area contributed by atoms with Gasteiger partial charge in [-0.15, -0.1) is 0 Å². The lowest BCUT2D eigenvalue weighted by molar-refractivity contribution is 0.0883.